The normalized spacial score (nSPS) is 20.6. The van der Waals surface area contributed by atoms with Crippen LogP contribution in [0.1, 0.15) is 12.5 Å². The predicted molar refractivity (Wildman–Crippen MR) is 72.2 cm³/mol. The molecule has 0 saturated carbocycles. The summed E-state index contributed by atoms with van der Waals surface area (Å²) < 4.78 is 0. The molecule has 4 heteroatoms. The van der Waals surface area contributed by atoms with Gasteiger partial charge in [0.05, 0.1) is 6.54 Å². The van der Waals surface area contributed by atoms with Crippen LogP contribution < -0.4 is 10.6 Å². The third-order valence-electron chi connectivity index (χ3n) is 3.15. The van der Waals surface area contributed by atoms with Gasteiger partial charge in [0.2, 0.25) is 5.91 Å². The number of rotatable bonds is 4. The zero-order valence-corrected chi connectivity index (χ0v) is 10.9. The van der Waals surface area contributed by atoms with Crippen molar-refractivity contribution in [1.82, 2.24) is 15.5 Å². The Morgan fingerprint density at radius 1 is 1.44 bits per heavy atom. The second kappa shape index (κ2) is 6.52. The maximum Gasteiger partial charge on any atom is 0.234 e. The highest BCUT2D eigenvalue weighted by molar-refractivity contribution is 5.78. The van der Waals surface area contributed by atoms with E-state index in [9.17, 15) is 4.79 Å². The number of piperazine rings is 1. The van der Waals surface area contributed by atoms with Crippen LogP contribution in [0.3, 0.4) is 0 Å². The lowest BCUT2D eigenvalue weighted by atomic mass is 10.2. The number of nitrogens with zero attached hydrogens (tertiary/aromatic N) is 1. The summed E-state index contributed by atoms with van der Waals surface area (Å²) in [5.74, 6) is 0.105. The lowest BCUT2D eigenvalue weighted by Gasteiger charge is -2.31. The number of hydrogen-bond acceptors (Lipinski definition) is 3. The highest BCUT2D eigenvalue weighted by Gasteiger charge is 2.17. The molecule has 1 aliphatic rings. The fourth-order valence-corrected chi connectivity index (χ4v) is 2.21. The van der Waals surface area contributed by atoms with Crippen molar-refractivity contribution in [3.8, 4) is 0 Å². The molecule has 0 aromatic heterocycles. The van der Waals surface area contributed by atoms with Crippen molar-refractivity contribution >= 4 is 5.91 Å². The molecule has 0 spiro atoms. The molecule has 1 fully saturated rings. The molecular weight excluding hydrogens is 226 g/mol. The predicted octanol–water partition coefficient (Wildman–Crippen LogP) is 0.596. The van der Waals surface area contributed by atoms with Gasteiger partial charge in [-0.1, -0.05) is 30.3 Å². The van der Waals surface area contributed by atoms with Crippen molar-refractivity contribution < 1.29 is 4.79 Å². The van der Waals surface area contributed by atoms with Gasteiger partial charge < -0.3 is 10.6 Å². The summed E-state index contributed by atoms with van der Waals surface area (Å²) in [6, 6.07) is 10.5. The summed E-state index contributed by atoms with van der Waals surface area (Å²) in [6.45, 7) is 6.11. The van der Waals surface area contributed by atoms with Gasteiger partial charge in [0, 0.05) is 32.2 Å². The molecule has 1 atom stereocenters. The van der Waals surface area contributed by atoms with Crippen LogP contribution >= 0.6 is 0 Å². The van der Waals surface area contributed by atoms with Crippen molar-refractivity contribution in [2.24, 2.45) is 0 Å². The molecule has 1 aliphatic heterocycles. The van der Waals surface area contributed by atoms with Gasteiger partial charge in [0.1, 0.15) is 0 Å². The lowest BCUT2D eigenvalue weighted by molar-refractivity contribution is -0.122. The number of nitrogens with one attached hydrogen (secondary N) is 2. The van der Waals surface area contributed by atoms with Crippen LogP contribution in [-0.2, 0) is 11.3 Å². The molecule has 2 N–H and O–H groups in total. The topological polar surface area (TPSA) is 44.4 Å². The molecule has 0 aliphatic carbocycles. The third-order valence-corrected chi connectivity index (χ3v) is 3.15. The van der Waals surface area contributed by atoms with Crippen LogP contribution in [0, 0.1) is 0 Å². The zero-order valence-electron chi connectivity index (χ0n) is 10.9. The van der Waals surface area contributed by atoms with Gasteiger partial charge in [0.25, 0.3) is 0 Å². The quantitative estimate of drug-likeness (QED) is 0.819. The van der Waals surface area contributed by atoms with Gasteiger partial charge in [-0.3, -0.25) is 9.69 Å². The molecule has 2 rings (SSSR count). The average Bonchev–Trinajstić information content (AvgIpc) is 2.38. The molecule has 1 aromatic rings. The number of carbonyl (C=O) groups excluding carboxylic acids is 1. The Morgan fingerprint density at radius 2 is 2.22 bits per heavy atom. The van der Waals surface area contributed by atoms with Gasteiger partial charge in [-0.15, -0.1) is 0 Å². The molecule has 0 bridgehead atoms. The second-order valence-electron chi connectivity index (χ2n) is 4.85. The summed E-state index contributed by atoms with van der Waals surface area (Å²) >= 11 is 0. The van der Waals surface area contributed by atoms with Gasteiger partial charge in [-0.2, -0.15) is 0 Å². The van der Waals surface area contributed by atoms with Gasteiger partial charge in [0.15, 0.2) is 0 Å². The van der Waals surface area contributed by atoms with Crippen molar-refractivity contribution in [3.63, 3.8) is 0 Å². The van der Waals surface area contributed by atoms with Crippen molar-refractivity contribution in [2.45, 2.75) is 19.5 Å². The minimum absolute atomic E-state index is 0.105. The second-order valence-corrected chi connectivity index (χ2v) is 4.85. The Balaban J connectivity index is 1.72. The van der Waals surface area contributed by atoms with Crippen LogP contribution in [0.2, 0.25) is 0 Å². The molecule has 1 heterocycles. The summed E-state index contributed by atoms with van der Waals surface area (Å²) in [6.07, 6.45) is 0. The highest BCUT2D eigenvalue weighted by Crippen LogP contribution is 1.99. The minimum Gasteiger partial charge on any atom is -0.351 e. The SMILES string of the molecule is CC1CN(CC(=O)NCc2ccccc2)CCN1. The first-order valence-corrected chi connectivity index (χ1v) is 6.50. The zero-order chi connectivity index (χ0) is 12.8. The smallest absolute Gasteiger partial charge is 0.234 e. The molecule has 18 heavy (non-hydrogen) atoms. The first-order valence-electron chi connectivity index (χ1n) is 6.50. The van der Waals surface area contributed by atoms with Crippen LogP contribution in [0.4, 0.5) is 0 Å². The van der Waals surface area contributed by atoms with E-state index < -0.39 is 0 Å². The third kappa shape index (κ3) is 4.13. The molecule has 1 amide bonds. The lowest BCUT2D eigenvalue weighted by Crippen LogP contribution is -2.51. The molecule has 1 saturated heterocycles. The van der Waals surface area contributed by atoms with Gasteiger partial charge >= 0.3 is 0 Å². The maximum atomic E-state index is 11.8. The van der Waals surface area contributed by atoms with E-state index in [1.165, 1.54) is 0 Å². The van der Waals surface area contributed by atoms with E-state index in [-0.39, 0.29) is 5.91 Å². The standard InChI is InChI=1S/C14H21N3O/c1-12-10-17(8-7-15-12)11-14(18)16-9-13-5-3-2-4-6-13/h2-6,12,15H,7-11H2,1H3,(H,16,18). The molecular formula is C14H21N3O. The largest absolute Gasteiger partial charge is 0.351 e. The van der Waals surface area contributed by atoms with E-state index in [1.807, 2.05) is 30.3 Å². The number of amides is 1. The Morgan fingerprint density at radius 3 is 2.94 bits per heavy atom. The Hall–Kier alpha value is -1.39. The summed E-state index contributed by atoms with van der Waals surface area (Å²) in [7, 11) is 0. The molecule has 98 valence electrons. The molecule has 0 radical (unpaired) electrons. The fraction of sp³-hybridized carbons (Fsp3) is 0.500. The van der Waals surface area contributed by atoms with E-state index in [2.05, 4.69) is 22.5 Å². The van der Waals surface area contributed by atoms with Crippen LogP contribution in [0.15, 0.2) is 30.3 Å². The number of benzene rings is 1. The van der Waals surface area contributed by atoms with Gasteiger partial charge in [-0.05, 0) is 12.5 Å². The van der Waals surface area contributed by atoms with Crippen LogP contribution in [-0.4, -0.2) is 43.0 Å². The molecule has 1 unspecified atom stereocenters. The van der Waals surface area contributed by atoms with E-state index in [4.69, 9.17) is 0 Å². The van der Waals surface area contributed by atoms with Gasteiger partial charge in [-0.25, -0.2) is 0 Å². The average molecular weight is 247 g/mol. The minimum atomic E-state index is 0.105. The summed E-state index contributed by atoms with van der Waals surface area (Å²) in [5.41, 5.74) is 1.14. The van der Waals surface area contributed by atoms with E-state index in [0.717, 1.165) is 25.2 Å². The Kier molecular flexibility index (Phi) is 4.73. The molecule has 4 nitrogen and oxygen atoms in total. The maximum absolute atomic E-state index is 11.8. The molecule has 1 aromatic carbocycles. The summed E-state index contributed by atoms with van der Waals surface area (Å²) in [4.78, 5) is 14.0. The number of carbonyl (C=O) groups is 1. The van der Waals surface area contributed by atoms with E-state index in [1.54, 1.807) is 0 Å². The number of hydrogen-bond donors (Lipinski definition) is 2. The Labute approximate surface area is 108 Å². The van der Waals surface area contributed by atoms with Crippen molar-refractivity contribution in [3.05, 3.63) is 35.9 Å². The van der Waals surface area contributed by atoms with Crippen LogP contribution in [0.25, 0.3) is 0 Å². The first kappa shape index (κ1) is 13.1. The van der Waals surface area contributed by atoms with E-state index >= 15 is 0 Å². The fourth-order valence-electron chi connectivity index (χ4n) is 2.21. The summed E-state index contributed by atoms with van der Waals surface area (Å²) in [5, 5.41) is 6.33. The van der Waals surface area contributed by atoms with Crippen molar-refractivity contribution in [2.75, 3.05) is 26.2 Å². The Bertz CT molecular complexity index is 380. The van der Waals surface area contributed by atoms with E-state index in [0.29, 0.717) is 19.1 Å². The van der Waals surface area contributed by atoms with Crippen LogP contribution in [0.5, 0.6) is 0 Å². The first-order chi connectivity index (χ1) is 8.74. The van der Waals surface area contributed by atoms with Crippen molar-refractivity contribution in [1.29, 1.82) is 0 Å². The highest BCUT2D eigenvalue weighted by atomic mass is 16.2. The monoisotopic (exact) mass is 247 g/mol.